The zero-order valence-electron chi connectivity index (χ0n) is 20.8. The number of carboxylic acids is 1. The number of carboxylic acid groups (broad SMARTS) is 1. The van der Waals surface area contributed by atoms with E-state index in [2.05, 4.69) is 10.4 Å². The summed E-state index contributed by atoms with van der Waals surface area (Å²) in [6.07, 6.45) is -5.63. The number of amides is 1. The first-order valence-corrected chi connectivity index (χ1v) is 11.6. The van der Waals surface area contributed by atoms with Gasteiger partial charge in [-0.25, -0.2) is 4.39 Å². The molecule has 3 N–H and O–H groups in total. The number of halogens is 4. The predicted octanol–water partition coefficient (Wildman–Crippen LogP) is 4.76. The van der Waals surface area contributed by atoms with Crippen LogP contribution in [-0.4, -0.2) is 44.1 Å². The average molecular weight is 538 g/mol. The number of hydrogen-bond acceptors (Lipinski definition) is 5. The zero-order valence-corrected chi connectivity index (χ0v) is 20.8. The van der Waals surface area contributed by atoms with Crippen molar-refractivity contribution in [2.24, 2.45) is 5.92 Å². The van der Waals surface area contributed by atoms with Crippen LogP contribution < -0.4 is 10.1 Å². The third-order valence-corrected chi connectivity index (χ3v) is 6.07. The Balaban J connectivity index is 2.00. The third kappa shape index (κ3) is 6.68. The topological polar surface area (TPSA) is 114 Å². The minimum atomic E-state index is -4.79. The SMILES string of the molecule is CC(C)[C@](C)(O)COc1cc(C(=O)NC(CC(=O)O)c2ccccc2C(F)(F)F)nn1-c1ccccc1F. The highest BCUT2D eigenvalue weighted by atomic mass is 19.4. The molecule has 0 aliphatic rings. The summed E-state index contributed by atoms with van der Waals surface area (Å²) < 4.78 is 62.0. The maximum atomic E-state index is 14.6. The van der Waals surface area contributed by atoms with Crippen LogP contribution >= 0.6 is 0 Å². The number of para-hydroxylation sites is 1. The average Bonchev–Trinajstić information content (AvgIpc) is 3.26. The zero-order chi connectivity index (χ0) is 28.3. The first-order valence-electron chi connectivity index (χ1n) is 11.6. The van der Waals surface area contributed by atoms with Crippen LogP contribution in [0.15, 0.2) is 54.6 Å². The predicted molar refractivity (Wildman–Crippen MR) is 128 cm³/mol. The fourth-order valence-electron chi connectivity index (χ4n) is 3.47. The molecule has 0 saturated heterocycles. The number of carbonyl (C=O) groups is 2. The Labute approximate surface area is 215 Å². The molecule has 0 saturated carbocycles. The maximum Gasteiger partial charge on any atom is 0.416 e. The summed E-state index contributed by atoms with van der Waals surface area (Å²) in [5.41, 5.74) is -3.28. The smallest absolute Gasteiger partial charge is 0.416 e. The largest absolute Gasteiger partial charge is 0.481 e. The minimum Gasteiger partial charge on any atom is -0.481 e. The van der Waals surface area contributed by atoms with E-state index in [4.69, 9.17) is 4.74 Å². The normalized spacial score (nSPS) is 14.1. The summed E-state index contributed by atoms with van der Waals surface area (Å²) in [5.74, 6) is -3.49. The van der Waals surface area contributed by atoms with Gasteiger partial charge in [-0.3, -0.25) is 9.59 Å². The molecule has 2 aromatic carbocycles. The number of aliphatic hydroxyl groups is 1. The van der Waals surface area contributed by atoms with E-state index >= 15 is 0 Å². The van der Waals surface area contributed by atoms with Gasteiger partial charge in [-0.2, -0.15) is 23.0 Å². The highest BCUT2D eigenvalue weighted by Gasteiger charge is 2.36. The van der Waals surface area contributed by atoms with E-state index in [1.54, 1.807) is 13.8 Å². The standard InChI is InChI=1S/C26H27F4N3O5/c1-15(2)25(3,37)14-38-22-12-20(32-33(22)21-11-7-6-10-18(21)27)24(36)31-19(13-23(34)35)16-8-4-5-9-17(16)26(28,29)30/h4-12,15,19,37H,13-14H2,1-3H3,(H,31,36)(H,34,35)/t19?,25-/m1/s1. The fourth-order valence-corrected chi connectivity index (χ4v) is 3.47. The van der Waals surface area contributed by atoms with E-state index in [0.717, 1.165) is 35.0 Å². The Morgan fingerprint density at radius 3 is 2.34 bits per heavy atom. The van der Waals surface area contributed by atoms with E-state index in [-0.39, 0.29) is 29.8 Å². The number of aliphatic carboxylic acids is 1. The molecule has 0 bridgehead atoms. The van der Waals surface area contributed by atoms with Gasteiger partial charge in [-0.05, 0) is 36.6 Å². The second-order valence-corrected chi connectivity index (χ2v) is 9.24. The molecule has 1 aromatic heterocycles. The molecule has 3 aromatic rings. The van der Waals surface area contributed by atoms with Gasteiger partial charge in [0, 0.05) is 6.07 Å². The van der Waals surface area contributed by atoms with Gasteiger partial charge in [0.25, 0.3) is 5.91 Å². The lowest BCUT2D eigenvalue weighted by atomic mass is 9.94. The monoisotopic (exact) mass is 537 g/mol. The molecule has 1 unspecified atom stereocenters. The molecular weight excluding hydrogens is 510 g/mol. The third-order valence-electron chi connectivity index (χ3n) is 6.07. The van der Waals surface area contributed by atoms with E-state index in [1.165, 1.54) is 31.2 Å². The number of benzene rings is 2. The molecule has 0 aliphatic heterocycles. The first-order chi connectivity index (χ1) is 17.7. The second-order valence-electron chi connectivity index (χ2n) is 9.24. The number of ether oxygens (including phenoxy) is 1. The molecule has 1 heterocycles. The van der Waals surface area contributed by atoms with Crippen molar-refractivity contribution in [1.82, 2.24) is 15.1 Å². The summed E-state index contributed by atoms with van der Waals surface area (Å²) in [6, 6.07) is 9.37. The van der Waals surface area contributed by atoms with Gasteiger partial charge in [0.05, 0.1) is 23.6 Å². The molecule has 0 fully saturated rings. The molecule has 38 heavy (non-hydrogen) atoms. The van der Waals surface area contributed by atoms with Crippen LogP contribution in [0.2, 0.25) is 0 Å². The molecule has 8 nitrogen and oxygen atoms in total. The van der Waals surface area contributed by atoms with Gasteiger partial charge in [-0.15, -0.1) is 0 Å². The molecule has 2 atom stereocenters. The lowest BCUT2D eigenvalue weighted by Crippen LogP contribution is -2.38. The van der Waals surface area contributed by atoms with Crippen molar-refractivity contribution in [2.75, 3.05) is 6.61 Å². The maximum absolute atomic E-state index is 14.6. The summed E-state index contributed by atoms with van der Waals surface area (Å²) in [6.45, 7) is 4.81. The van der Waals surface area contributed by atoms with Crippen LogP contribution in [-0.2, 0) is 11.0 Å². The Kier molecular flexibility index (Phi) is 8.45. The number of nitrogens with one attached hydrogen (secondary N) is 1. The second kappa shape index (κ2) is 11.2. The molecular formula is C26H27F4N3O5. The number of alkyl halides is 3. The molecule has 0 spiro atoms. The van der Waals surface area contributed by atoms with Gasteiger partial charge in [0.1, 0.15) is 18.1 Å². The number of aromatic nitrogens is 2. The number of rotatable bonds is 10. The first kappa shape index (κ1) is 28.6. The number of nitrogens with zero attached hydrogens (tertiary/aromatic N) is 2. The van der Waals surface area contributed by atoms with Crippen molar-refractivity contribution in [3.8, 4) is 11.6 Å². The number of carbonyl (C=O) groups excluding carboxylic acids is 1. The summed E-state index contributed by atoms with van der Waals surface area (Å²) in [7, 11) is 0. The van der Waals surface area contributed by atoms with Crippen molar-refractivity contribution >= 4 is 11.9 Å². The molecule has 0 aliphatic carbocycles. The highest BCUT2D eigenvalue weighted by Crippen LogP contribution is 2.35. The van der Waals surface area contributed by atoms with Crippen molar-refractivity contribution < 1.29 is 42.1 Å². The molecule has 204 valence electrons. The Morgan fingerprint density at radius 2 is 1.74 bits per heavy atom. The van der Waals surface area contributed by atoms with Crippen LogP contribution in [0.1, 0.15) is 54.8 Å². The summed E-state index contributed by atoms with van der Waals surface area (Å²) >= 11 is 0. The lowest BCUT2D eigenvalue weighted by Gasteiger charge is -2.27. The Morgan fingerprint density at radius 1 is 1.11 bits per heavy atom. The fraction of sp³-hybridized carbons (Fsp3) is 0.346. The summed E-state index contributed by atoms with van der Waals surface area (Å²) in [4.78, 5) is 24.5. The van der Waals surface area contributed by atoms with E-state index in [9.17, 15) is 37.4 Å². The van der Waals surface area contributed by atoms with Gasteiger partial charge in [0.15, 0.2) is 5.69 Å². The quantitative estimate of drug-likeness (QED) is 0.322. The van der Waals surface area contributed by atoms with E-state index in [0.29, 0.717) is 0 Å². The van der Waals surface area contributed by atoms with Crippen molar-refractivity contribution in [3.63, 3.8) is 0 Å². The van der Waals surface area contributed by atoms with Crippen LogP contribution in [0.4, 0.5) is 17.6 Å². The molecule has 12 heteroatoms. The molecule has 0 radical (unpaired) electrons. The molecule has 1 amide bonds. The van der Waals surface area contributed by atoms with Crippen molar-refractivity contribution in [1.29, 1.82) is 0 Å². The lowest BCUT2D eigenvalue weighted by molar-refractivity contribution is -0.140. The van der Waals surface area contributed by atoms with Gasteiger partial charge in [0.2, 0.25) is 5.88 Å². The Bertz CT molecular complexity index is 1300. The summed E-state index contributed by atoms with van der Waals surface area (Å²) in [5, 5.41) is 26.2. The van der Waals surface area contributed by atoms with Crippen LogP contribution in [0.25, 0.3) is 5.69 Å². The van der Waals surface area contributed by atoms with Crippen molar-refractivity contribution in [2.45, 2.75) is 45.0 Å². The van der Waals surface area contributed by atoms with Crippen LogP contribution in [0, 0.1) is 11.7 Å². The van der Waals surface area contributed by atoms with Crippen LogP contribution in [0.3, 0.4) is 0 Å². The Hall–Kier alpha value is -3.93. The van der Waals surface area contributed by atoms with Crippen molar-refractivity contribution in [3.05, 3.63) is 77.2 Å². The van der Waals surface area contributed by atoms with E-state index in [1.807, 2.05) is 0 Å². The van der Waals surface area contributed by atoms with Gasteiger partial charge >= 0.3 is 12.1 Å². The highest BCUT2D eigenvalue weighted by molar-refractivity contribution is 5.93. The minimum absolute atomic E-state index is 0.0877. The van der Waals surface area contributed by atoms with E-state index < -0.39 is 53.1 Å². The van der Waals surface area contributed by atoms with Crippen LogP contribution in [0.5, 0.6) is 5.88 Å². The van der Waals surface area contributed by atoms with Gasteiger partial charge < -0.3 is 20.3 Å². The number of hydrogen-bond donors (Lipinski definition) is 3. The molecule has 3 rings (SSSR count). The van der Waals surface area contributed by atoms with Gasteiger partial charge in [-0.1, -0.05) is 44.2 Å².